The summed E-state index contributed by atoms with van der Waals surface area (Å²) in [5.41, 5.74) is 1.96. The van der Waals surface area contributed by atoms with Gasteiger partial charge < -0.3 is 9.64 Å². The monoisotopic (exact) mass is 304 g/mol. The molecule has 0 saturated carbocycles. The van der Waals surface area contributed by atoms with E-state index in [2.05, 4.69) is 10.3 Å². The summed E-state index contributed by atoms with van der Waals surface area (Å²) in [7, 11) is 0. The molecule has 0 bridgehead atoms. The van der Waals surface area contributed by atoms with Crippen molar-refractivity contribution < 1.29 is 14.4 Å². The fourth-order valence-corrected chi connectivity index (χ4v) is 3.04. The molecule has 5 nitrogen and oxygen atoms in total. The molecule has 0 aliphatic carbocycles. The number of anilines is 1. The molecule has 1 amide bonds. The maximum absolute atomic E-state index is 12.0. The van der Waals surface area contributed by atoms with Gasteiger partial charge in [0, 0.05) is 10.9 Å². The Bertz CT molecular complexity index is 594. The Kier molecular flexibility index (Phi) is 4.59. The summed E-state index contributed by atoms with van der Waals surface area (Å²) in [6, 6.07) is 9.96. The van der Waals surface area contributed by atoms with Crippen LogP contribution in [0.25, 0.3) is 11.3 Å². The Morgan fingerprint density at radius 2 is 2.05 bits per heavy atom. The summed E-state index contributed by atoms with van der Waals surface area (Å²) in [5.74, 6) is 0.0147. The van der Waals surface area contributed by atoms with Crippen LogP contribution in [0, 0.1) is 0 Å². The van der Waals surface area contributed by atoms with Crippen LogP contribution in [0.5, 0.6) is 0 Å². The smallest absolute Gasteiger partial charge is 0.281 e. The van der Waals surface area contributed by atoms with Crippen molar-refractivity contribution in [1.29, 1.82) is 0 Å². The highest BCUT2D eigenvalue weighted by Gasteiger charge is 2.18. The van der Waals surface area contributed by atoms with E-state index in [4.69, 9.17) is 4.74 Å². The highest BCUT2D eigenvalue weighted by atomic mass is 32.1. The number of hydrogen-bond donors (Lipinski definition) is 2. The van der Waals surface area contributed by atoms with Crippen LogP contribution in [0.2, 0.25) is 0 Å². The van der Waals surface area contributed by atoms with Gasteiger partial charge in [-0.15, -0.1) is 11.3 Å². The third-order valence-corrected chi connectivity index (χ3v) is 4.19. The molecule has 3 rings (SSSR count). The Hall–Kier alpha value is -1.76. The number of morpholine rings is 1. The number of rotatable bonds is 4. The second-order valence-corrected chi connectivity index (χ2v) is 5.85. The maximum Gasteiger partial charge on any atom is 0.281 e. The second kappa shape index (κ2) is 6.80. The molecule has 110 valence electrons. The number of benzene rings is 1. The van der Waals surface area contributed by atoms with Gasteiger partial charge in [0.2, 0.25) is 0 Å². The first-order chi connectivity index (χ1) is 10.3. The van der Waals surface area contributed by atoms with Crippen molar-refractivity contribution >= 4 is 22.4 Å². The van der Waals surface area contributed by atoms with Gasteiger partial charge in [-0.3, -0.25) is 10.1 Å². The number of hydrogen-bond acceptors (Lipinski definition) is 4. The molecule has 1 aliphatic rings. The molecule has 1 aliphatic heterocycles. The number of nitrogens with one attached hydrogen (secondary N) is 2. The summed E-state index contributed by atoms with van der Waals surface area (Å²) < 4.78 is 5.29. The van der Waals surface area contributed by atoms with Crippen molar-refractivity contribution in [2.75, 3.05) is 38.2 Å². The number of aromatic nitrogens is 1. The Morgan fingerprint density at radius 3 is 2.81 bits per heavy atom. The molecule has 1 aromatic heterocycles. The Labute approximate surface area is 127 Å². The van der Waals surface area contributed by atoms with Crippen molar-refractivity contribution in [3.8, 4) is 11.3 Å². The van der Waals surface area contributed by atoms with Gasteiger partial charge in [0.1, 0.15) is 13.1 Å². The van der Waals surface area contributed by atoms with Crippen LogP contribution >= 0.6 is 11.3 Å². The number of amides is 1. The van der Waals surface area contributed by atoms with E-state index in [1.165, 1.54) is 16.2 Å². The van der Waals surface area contributed by atoms with Crippen LogP contribution in [0.4, 0.5) is 5.13 Å². The molecule has 0 unspecified atom stereocenters. The van der Waals surface area contributed by atoms with E-state index >= 15 is 0 Å². The Morgan fingerprint density at radius 1 is 1.29 bits per heavy atom. The van der Waals surface area contributed by atoms with E-state index < -0.39 is 0 Å². The zero-order valence-electron chi connectivity index (χ0n) is 11.7. The molecule has 1 aromatic carbocycles. The lowest BCUT2D eigenvalue weighted by Gasteiger charge is -2.22. The van der Waals surface area contributed by atoms with Gasteiger partial charge >= 0.3 is 0 Å². The number of quaternary nitrogens is 1. The zero-order valence-corrected chi connectivity index (χ0v) is 12.5. The van der Waals surface area contributed by atoms with E-state index in [1.807, 2.05) is 35.7 Å². The van der Waals surface area contributed by atoms with E-state index in [0.29, 0.717) is 11.7 Å². The quantitative estimate of drug-likeness (QED) is 0.873. The topological polar surface area (TPSA) is 55.7 Å². The number of nitrogens with zero attached hydrogens (tertiary/aromatic N) is 1. The largest absolute Gasteiger partial charge is 0.370 e. The molecule has 0 radical (unpaired) electrons. The van der Waals surface area contributed by atoms with Crippen molar-refractivity contribution in [2.24, 2.45) is 0 Å². The van der Waals surface area contributed by atoms with Crippen LogP contribution in [-0.4, -0.2) is 43.7 Å². The number of thiazole rings is 1. The van der Waals surface area contributed by atoms with E-state index in [0.717, 1.165) is 37.6 Å². The lowest BCUT2D eigenvalue weighted by Crippen LogP contribution is -3.15. The number of carbonyl (C=O) groups excluding carboxylic acids is 1. The average Bonchev–Trinajstić information content (AvgIpc) is 2.97. The van der Waals surface area contributed by atoms with Crippen molar-refractivity contribution in [3.05, 3.63) is 35.7 Å². The number of carbonyl (C=O) groups is 1. The highest BCUT2D eigenvalue weighted by molar-refractivity contribution is 7.14. The Balaban J connectivity index is 1.58. The van der Waals surface area contributed by atoms with Crippen LogP contribution in [0.1, 0.15) is 0 Å². The molecule has 0 atom stereocenters. The molecule has 1 saturated heterocycles. The number of ether oxygens (including phenoxy) is 1. The second-order valence-electron chi connectivity index (χ2n) is 4.99. The molecule has 2 heterocycles. The summed E-state index contributed by atoms with van der Waals surface area (Å²) >= 11 is 1.46. The third-order valence-electron chi connectivity index (χ3n) is 3.43. The van der Waals surface area contributed by atoms with Gasteiger partial charge in [0.15, 0.2) is 11.7 Å². The average molecular weight is 304 g/mol. The maximum atomic E-state index is 12.0. The zero-order chi connectivity index (χ0) is 14.5. The SMILES string of the molecule is O=C(C[NH+]1CCOCC1)Nc1nc(-c2ccccc2)cs1. The van der Waals surface area contributed by atoms with Crippen LogP contribution in [0.15, 0.2) is 35.7 Å². The molecular formula is C15H18N3O2S+. The van der Waals surface area contributed by atoms with Crippen LogP contribution in [0.3, 0.4) is 0 Å². The summed E-state index contributed by atoms with van der Waals surface area (Å²) in [6.07, 6.45) is 0. The lowest BCUT2D eigenvalue weighted by atomic mass is 10.2. The fourth-order valence-electron chi connectivity index (χ4n) is 2.30. The molecule has 6 heteroatoms. The van der Waals surface area contributed by atoms with E-state index in [1.54, 1.807) is 0 Å². The van der Waals surface area contributed by atoms with Crippen LogP contribution in [-0.2, 0) is 9.53 Å². The van der Waals surface area contributed by atoms with Crippen LogP contribution < -0.4 is 10.2 Å². The minimum absolute atomic E-state index is 0.0147. The van der Waals surface area contributed by atoms with Gasteiger partial charge in [-0.2, -0.15) is 0 Å². The summed E-state index contributed by atoms with van der Waals surface area (Å²) in [6.45, 7) is 3.72. The standard InChI is InChI=1S/C15H17N3O2S/c19-14(10-18-6-8-20-9-7-18)17-15-16-13(11-21-15)12-4-2-1-3-5-12/h1-5,11H,6-10H2,(H,16,17,19)/p+1. The third kappa shape index (κ3) is 3.87. The fraction of sp³-hybridized carbons (Fsp3) is 0.333. The van der Waals surface area contributed by atoms with Gasteiger partial charge in [-0.1, -0.05) is 30.3 Å². The molecular weight excluding hydrogens is 286 g/mol. The van der Waals surface area contributed by atoms with Gasteiger partial charge in [-0.05, 0) is 0 Å². The van der Waals surface area contributed by atoms with E-state index in [9.17, 15) is 4.79 Å². The highest BCUT2D eigenvalue weighted by Crippen LogP contribution is 2.24. The first-order valence-corrected chi connectivity index (χ1v) is 7.91. The van der Waals surface area contributed by atoms with Crippen molar-refractivity contribution in [3.63, 3.8) is 0 Å². The minimum Gasteiger partial charge on any atom is -0.370 e. The molecule has 1 fully saturated rings. The first-order valence-electron chi connectivity index (χ1n) is 7.03. The molecule has 2 aromatic rings. The normalized spacial score (nSPS) is 15.8. The summed E-state index contributed by atoms with van der Waals surface area (Å²) in [4.78, 5) is 17.7. The minimum atomic E-state index is 0.0147. The predicted molar refractivity (Wildman–Crippen MR) is 82.6 cm³/mol. The molecule has 0 spiro atoms. The molecule has 2 N–H and O–H groups in total. The molecule has 21 heavy (non-hydrogen) atoms. The van der Waals surface area contributed by atoms with E-state index in [-0.39, 0.29) is 5.91 Å². The van der Waals surface area contributed by atoms with Crippen molar-refractivity contribution in [1.82, 2.24) is 4.98 Å². The summed E-state index contributed by atoms with van der Waals surface area (Å²) in [5, 5.41) is 5.51. The van der Waals surface area contributed by atoms with Crippen molar-refractivity contribution in [2.45, 2.75) is 0 Å². The predicted octanol–water partition coefficient (Wildman–Crippen LogP) is 0.664. The van der Waals surface area contributed by atoms with Gasteiger partial charge in [-0.25, -0.2) is 4.98 Å². The van der Waals surface area contributed by atoms with Gasteiger partial charge in [0.25, 0.3) is 5.91 Å². The van der Waals surface area contributed by atoms with Gasteiger partial charge in [0.05, 0.1) is 18.9 Å². The first kappa shape index (κ1) is 14.2. The lowest BCUT2D eigenvalue weighted by molar-refractivity contribution is -0.899.